The summed E-state index contributed by atoms with van der Waals surface area (Å²) in [5.74, 6) is -0.913. The van der Waals surface area contributed by atoms with Gasteiger partial charge in [0.2, 0.25) is 0 Å². The molecule has 5 rings (SSSR count). The molecule has 0 bridgehead atoms. The molecule has 0 unspecified atom stereocenters. The first kappa shape index (κ1) is 24.3. The van der Waals surface area contributed by atoms with Crippen LogP contribution < -0.4 is 10.2 Å². The smallest absolute Gasteiger partial charge is 0.357 e. The second kappa shape index (κ2) is 9.95. The fourth-order valence-corrected chi connectivity index (χ4v) is 4.18. The fraction of sp³-hybridized carbons (Fsp3) is 0.304. The Kier molecular flexibility index (Phi) is 6.54. The van der Waals surface area contributed by atoms with Crippen molar-refractivity contribution < 1.29 is 22.4 Å². The van der Waals surface area contributed by atoms with Gasteiger partial charge in [0.1, 0.15) is 18.0 Å². The largest absolute Gasteiger partial charge is 0.435 e. The molecule has 37 heavy (non-hydrogen) atoms. The lowest BCUT2D eigenvalue weighted by Gasteiger charge is -2.16. The molecule has 1 fully saturated rings. The number of nitrogens with one attached hydrogen (secondary N) is 1. The Hall–Kier alpha value is -4.36. The summed E-state index contributed by atoms with van der Waals surface area (Å²) in [6.45, 7) is 1.43. The number of anilines is 1. The van der Waals surface area contributed by atoms with E-state index in [1.165, 1.54) is 23.1 Å². The lowest BCUT2D eigenvalue weighted by atomic mass is 10.1. The third-order valence-electron chi connectivity index (χ3n) is 5.97. The van der Waals surface area contributed by atoms with Crippen molar-refractivity contribution in [2.45, 2.75) is 32.1 Å². The van der Waals surface area contributed by atoms with Gasteiger partial charge in [-0.25, -0.2) is 14.1 Å². The van der Waals surface area contributed by atoms with Gasteiger partial charge in [-0.2, -0.15) is 18.3 Å². The van der Waals surface area contributed by atoms with Gasteiger partial charge in [-0.3, -0.25) is 9.48 Å². The molecule has 14 heteroatoms. The van der Waals surface area contributed by atoms with Crippen LogP contribution in [0.1, 0.15) is 40.0 Å². The van der Waals surface area contributed by atoms with Crippen LogP contribution in [0.25, 0.3) is 5.69 Å². The Balaban J connectivity index is 1.34. The highest BCUT2D eigenvalue weighted by atomic mass is 19.4. The van der Waals surface area contributed by atoms with Crippen LogP contribution in [0.4, 0.5) is 23.4 Å². The first-order valence-electron chi connectivity index (χ1n) is 11.4. The number of halogens is 4. The maximum absolute atomic E-state index is 14.5. The summed E-state index contributed by atoms with van der Waals surface area (Å²) in [6, 6.07) is 7.70. The molecule has 10 nitrogen and oxygen atoms in total. The molecule has 0 atom stereocenters. The Morgan fingerprint density at radius 3 is 2.59 bits per heavy atom. The second-order valence-electron chi connectivity index (χ2n) is 8.48. The van der Waals surface area contributed by atoms with Gasteiger partial charge < -0.3 is 10.2 Å². The highest BCUT2D eigenvalue weighted by Crippen LogP contribution is 2.31. The number of carbonyl (C=O) groups is 1. The summed E-state index contributed by atoms with van der Waals surface area (Å²) in [7, 11) is 0. The number of alkyl halides is 3. The van der Waals surface area contributed by atoms with E-state index in [9.17, 15) is 22.4 Å². The van der Waals surface area contributed by atoms with Gasteiger partial charge >= 0.3 is 6.18 Å². The van der Waals surface area contributed by atoms with Crippen LogP contribution >= 0.6 is 0 Å². The zero-order valence-electron chi connectivity index (χ0n) is 19.4. The molecule has 0 spiro atoms. The summed E-state index contributed by atoms with van der Waals surface area (Å²) in [4.78, 5) is 19.3. The van der Waals surface area contributed by atoms with Crippen molar-refractivity contribution in [2.75, 3.05) is 18.0 Å². The molecular formula is C23H21F4N9O. The lowest BCUT2D eigenvalue weighted by Crippen LogP contribution is -2.26. The number of rotatable bonds is 7. The van der Waals surface area contributed by atoms with E-state index in [2.05, 4.69) is 35.8 Å². The quantitative estimate of drug-likeness (QED) is 0.377. The van der Waals surface area contributed by atoms with E-state index in [0.717, 1.165) is 48.7 Å². The van der Waals surface area contributed by atoms with Crippen molar-refractivity contribution in [3.05, 3.63) is 77.3 Å². The minimum atomic E-state index is -4.87. The van der Waals surface area contributed by atoms with E-state index in [-0.39, 0.29) is 17.8 Å². The van der Waals surface area contributed by atoms with Gasteiger partial charge in [0.25, 0.3) is 5.91 Å². The van der Waals surface area contributed by atoms with E-state index in [1.54, 1.807) is 12.3 Å². The lowest BCUT2D eigenvalue weighted by molar-refractivity contribution is -0.141. The Labute approximate surface area is 207 Å². The Bertz CT molecular complexity index is 1380. The van der Waals surface area contributed by atoms with Gasteiger partial charge in [-0.05, 0) is 47.0 Å². The van der Waals surface area contributed by atoms with Gasteiger partial charge in [-0.1, -0.05) is 12.1 Å². The average molecular weight is 515 g/mol. The number of carbonyl (C=O) groups excluding carboxylic acids is 1. The molecule has 1 aromatic carbocycles. The summed E-state index contributed by atoms with van der Waals surface area (Å²) < 4.78 is 57.8. The molecule has 1 amide bonds. The van der Waals surface area contributed by atoms with Crippen LogP contribution in [0.5, 0.6) is 0 Å². The van der Waals surface area contributed by atoms with Crippen molar-refractivity contribution in [3.8, 4) is 5.69 Å². The number of hydrogen-bond acceptors (Lipinski definition) is 7. The van der Waals surface area contributed by atoms with Crippen LogP contribution in [0.2, 0.25) is 0 Å². The number of benzene rings is 1. The maximum Gasteiger partial charge on any atom is 0.435 e. The van der Waals surface area contributed by atoms with Gasteiger partial charge in [-0.15, -0.1) is 5.10 Å². The molecule has 1 N–H and O–H groups in total. The van der Waals surface area contributed by atoms with E-state index < -0.39 is 35.7 Å². The van der Waals surface area contributed by atoms with E-state index in [4.69, 9.17) is 0 Å². The third-order valence-corrected chi connectivity index (χ3v) is 5.97. The van der Waals surface area contributed by atoms with Crippen molar-refractivity contribution in [1.29, 1.82) is 0 Å². The first-order chi connectivity index (χ1) is 17.8. The van der Waals surface area contributed by atoms with Crippen LogP contribution in [0, 0.1) is 5.82 Å². The number of pyridine rings is 1. The van der Waals surface area contributed by atoms with E-state index >= 15 is 0 Å². The SMILES string of the molecule is O=C(NCc1c(F)cccc1-n1cnnn1)c1cn(Cc2ccc(N3CCCC3)nc2)nc1C(F)(F)F. The van der Waals surface area contributed by atoms with E-state index in [1.807, 2.05) is 6.07 Å². The van der Waals surface area contributed by atoms with Crippen LogP contribution in [-0.2, 0) is 19.3 Å². The average Bonchev–Trinajstić information content (AvgIpc) is 3.65. The molecule has 0 saturated carbocycles. The monoisotopic (exact) mass is 515 g/mol. The highest BCUT2D eigenvalue weighted by molar-refractivity contribution is 5.95. The zero-order valence-corrected chi connectivity index (χ0v) is 19.4. The second-order valence-corrected chi connectivity index (χ2v) is 8.48. The number of nitrogens with zero attached hydrogens (tertiary/aromatic N) is 8. The van der Waals surface area contributed by atoms with Crippen molar-refractivity contribution >= 4 is 11.7 Å². The highest BCUT2D eigenvalue weighted by Gasteiger charge is 2.39. The van der Waals surface area contributed by atoms with Crippen molar-refractivity contribution in [3.63, 3.8) is 0 Å². The van der Waals surface area contributed by atoms with Crippen molar-refractivity contribution in [1.82, 2.24) is 40.3 Å². The fourth-order valence-electron chi connectivity index (χ4n) is 4.18. The van der Waals surface area contributed by atoms with Crippen LogP contribution in [0.3, 0.4) is 0 Å². The first-order valence-corrected chi connectivity index (χ1v) is 11.4. The van der Waals surface area contributed by atoms with Gasteiger partial charge in [0.05, 0.1) is 17.8 Å². The predicted molar refractivity (Wildman–Crippen MR) is 122 cm³/mol. The predicted octanol–water partition coefficient (Wildman–Crippen LogP) is 2.99. The minimum Gasteiger partial charge on any atom is -0.357 e. The van der Waals surface area contributed by atoms with Crippen LogP contribution in [-0.4, -0.2) is 54.0 Å². The van der Waals surface area contributed by atoms with Crippen molar-refractivity contribution in [2.24, 2.45) is 0 Å². The number of aromatic nitrogens is 7. The molecule has 1 aliphatic rings. The molecule has 0 radical (unpaired) electrons. The normalized spacial score (nSPS) is 13.8. The topological polar surface area (TPSA) is 107 Å². The summed E-state index contributed by atoms with van der Waals surface area (Å²) in [6.07, 6.45) is 1.16. The number of tetrazole rings is 1. The molecule has 192 valence electrons. The summed E-state index contributed by atoms with van der Waals surface area (Å²) >= 11 is 0. The molecule has 0 aliphatic carbocycles. The molecular weight excluding hydrogens is 494 g/mol. The van der Waals surface area contributed by atoms with Gasteiger partial charge in [0, 0.05) is 37.6 Å². The van der Waals surface area contributed by atoms with E-state index in [0.29, 0.717) is 5.56 Å². The summed E-state index contributed by atoms with van der Waals surface area (Å²) in [5, 5.41) is 16.7. The molecule has 3 aromatic heterocycles. The van der Waals surface area contributed by atoms with Crippen LogP contribution in [0.15, 0.2) is 49.1 Å². The molecule has 4 aromatic rings. The Morgan fingerprint density at radius 2 is 1.92 bits per heavy atom. The third kappa shape index (κ3) is 5.27. The zero-order chi connectivity index (χ0) is 26.0. The number of amides is 1. The molecule has 4 heterocycles. The Morgan fingerprint density at radius 1 is 1.11 bits per heavy atom. The number of hydrogen-bond donors (Lipinski definition) is 1. The minimum absolute atomic E-state index is 0.00765. The maximum atomic E-state index is 14.5. The summed E-state index contributed by atoms with van der Waals surface area (Å²) in [5.41, 5.74) is -1.13. The standard InChI is InChI=1S/C23H21F4N9O/c24-18-4-3-5-19(36-14-30-32-33-36)16(18)11-29-22(37)17-13-35(31-21(17)23(25,26)27)12-15-6-7-20(28-10-15)34-8-1-2-9-34/h3-7,10,13-14H,1-2,8-9,11-12H2,(H,29,37). The molecule has 1 aliphatic heterocycles. The molecule has 1 saturated heterocycles. The van der Waals surface area contributed by atoms with Gasteiger partial charge in [0.15, 0.2) is 5.69 Å².